The maximum absolute atomic E-state index is 12.9. The second-order valence-electron chi connectivity index (χ2n) is 10.7. The fourth-order valence-electron chi connectivity index (χ4n) is 5.46. The largest absolute Gasteiger partial charge is 0.352 e. The second kappa shape index (κ2) is 7.68. The number of anilines is 3. The number of nitriles is 1. The third kappa shape index (κ3) is 3.50. The van der Waals surface area contributed by atoms with Crippen LogP contribution >= 0.6 is 0 Å². The number of fused-ring (bicyclic) bond motifs is 2. The van der Waals surface area contributed by atoms with Crippen LogP contribution in [0.25, 0.3) is 0 Å². The Morgan fingerprint density at radius 3 is 2.58 bits per heavy atom. The van der Waals surface area contributed by atoms with Crippen molar-refractivity contribution in [3.63, 3.8) is 0 Å². The minimum atomic E-state index is -0.381. The predicted octanol–water partition coefficient (Wildman–Crippen LogP) is 3.40. The van der Waals surface area contributed by atoms with Crippen molar-refractivity contribution < 1.29 is 4.79 Å². The van der Waals surface area contributed by atoms with E-state index >= 15 is 0 Å². The van der Waals surface area contributed by atoms with E-state index in [0.717, 1.165) is 49.9 Å². The van der Waals surface area contributed by atoms with Crippen molar-refractivity contribution >= 4 is 23.4 Å². The molecule has 8 nitrogen and oxygen atoms in total. The van der Waals surface area contributed by atoms with Crippen LogP contribution in [0.3, 0.4) is 0 Å². The molecule has 1 saturated carbocycles. The first-order chi connectivity index (χ1) is 15.7. The van der Waals surface area contributed by atoms with Gasteiger partial charge in [0.05, 0.1) is 11.6 Å². The summed E-state index contributed by atoms with van der Waals surface area (Å²) in [6.07, 6.45) is 6.73. The van der Waals surface area contributed by atoms with Gasteiger partial charge in [0.2, 0.25) is 5.91 Å². The minimum absolute atomic E-state index is 0.0257. The normalized spacial score (nSPS) is 21.5. The molecule has 1 saturated heterocycles. The number of piperazine rings is 1. The Morgan fingerprint density at radius 2 is 1.94 bits per heavy atom. The first-order valence-electron chi connectivity index (χ1n) is 11.8. The van der Waals surface area contributed by atoms with Crippen molar-refractivity contribution in [1.82, 2.24) is 19.9 Å². The van der Waals surface area contributed by atoms with Gasteiger partial charge in [-0.25, -0.2) is 15.0 Å². The van der Waals surface area contributed by atoms with Gasteiger partial charge in [0.1, 0.15) is 23.8 Å². The highest BCUT2D eigenvalue weighted by Crippen LogP contribution is 2.56. The Bertz CT molecular complexity index is 1130. The zero-order valence-corrected chi connectivity index (χ0v) is 19.9. The average Bonchev–Trinajstić information content (AvgIpc) is 3.14. The molecule has 8 heteroatoms. The van der Waals surface area contributed by atoms with Gasteiger partial charge in [0, 0.05) is 54.8 Å². The highest BCUT2D eigenvalue weighted by atomic mass is 16.2. The van der Waals surface area contributed by atoms with Crippen LogP contribution < -0.4 is 9.80 Å². The fraction of sp³-hybridized carbons (Fsp3) is 0.560. The molecule has 172 valence electrons. The minimum Gasteiger partial charge on any atom is -0.352 e. The molecule has 4 heterocycles. The zero-order chi connectivity index (χ0) is 23.4. The molecule has 0 unspecified atom stereocenters. The number of hydrogen-bond acceptors (Lipinski definition) is 7. The molecule has 1 atom stereocenters. The van der Waals surface area contributed by atoms with E-state index in [4.69, 9.17) is 9.97 Å². The Hall–Kier alpha value is -3.21. The summed E-state index contributed by atoms with van der Waals surface area (Å²) in [7, 11) is 0. The van der Waals surface area contributed by atoms with Gasteiger partial charge < -0.3 is 14.7 Å². The number of pyridine rings is 1. The van der Waals surface area contributed by atoms with E-state index in [1.54, 1.807) is 18.6 Å². The molecule has 2 fully saturated rings. The summed E-state index contributed by atoms with van der Waals surface area (Å²) in [6.45, 7) is 11.1. The topological polar surface area (TPSA) is 89.2 Å². The molecule has 2 aliphatic heterocycles. The van der Waals surface area contributed by atoms with Gasteiger partial charge in [-0.2, -0.15) is 5.26 Å². The van der Waals surface area contributed by atoms with Crippen LogP contribution in [0.1, 0.15) is 58.1 Å². The SMILES string of the molecule is C[C@H]1CN(c2ncnc3c2C2(CCC2)CN3c2cc(C#N)ccn2)CCN1C(=O)C(C)(C)C. The van der Waals surface area contributed by atoms with Gasteiger partial charge in [0.15, 0.2) is 0 Å². The van der Waals surface area contributed by atoms with Crippen molar-refractivity contribution in [2.24, 2.45) is 5.41 Å². The van der Waals surface area contributed by atoms with Gasteiger partial charge in [0.25, 0.3) is 0 Å². The van der Waals surface area contributed by atoms with Crippen LogP contribution in [-0.4, -0.2) is 58.0 Å². The molecule has 3 aliphatic rings. The molecule has 1 amide bonds. The quantitative estimate of drug-likeness (QED) is 0.700. The van der Waals surface area contributed by atoms with Crippen molar-refractivity contribution in [3.8, 4) is 6.07 Å². The number of nitrogens with zero attached hydrogens (tertiary/aromatic N) is 7. The third-order valence-corrected chi connectivity index (χ3v) is 7.35. The van der Waals surface area contributed by atoms with Crippen LogP contribution in [0, 0.1) is 16.7 Å². The number of amides is 1. The highest BCUT2D eigenvalue weighted by molar-refractivity contribution is 5.82. The van der Waals surface area contributed by atoms with E-state index in [1.807, 2.05) is 31.7 Å². The molecule has 5 rings (SSSR count). The van der Waals surface area contributed by atoms with E-state index in [0.29, 0.717) is 12.1 Å². The number of carbonyl (C=O) groups is 1. The number of carbonyl (C=O) groups excluding carboxylic acids is 1. The van der Waals surface area contributed by atoms with Crippen LogP contribution in [-0.2, 0) is 10.2 Å². The summed E-state index contributed by atoms with van der Waals surface area (Å²) in [5.74, 6) is 2.86. The first kappa shape index (κ1) is 21.6. The molecule has 0 N–H and O–H groups in total. The Morgan fingerprint density at radius 1 is 1.18 bits per heavy atom. The number of hydrogen-bond donors (Lipinski definition) is 0. The van der Waals surface area contributed by atoms with Crippen LogP contribution in [0.15, 0.2) is 24.7 Å². The van der Waals surface area contributed by atoms with E-state index in [-0.39, 0.29) is 22.8 Å². The second-order valence-corrected chi connectivity index (χ2v) is 10.7. The van der Waals surface area contributed by atoms with E-state index in [9.17, 15) is 10.1 Å². The smallest absolute Gasteiger partial charge is 0.228 e. The van der Waals surface area contributed by atoms with Crippen LogP contribution in [0.2, 0.25) is 0 Å². The summed E-state index contributed by atoms with van der Waals surface area (Å²) in [5.41, 5.74) is 1.45. The van der Waals surface area contributed by atoms with Gasteiger partial charge >= 0.3 is 0 Å². The molecule has 1 aliphatic carbocycles. The average molecular weight is 446 g/mol. The summed E-state index contributed by atoms with van der Waals surface area (Å²) in [6, 6.07) is 5.89. The molecular weight excluding hydrogens is 414 g/mol. The van der Waals surface area contributed by atoms with Gasteiger partial charge in [-0.05, 0) is 31.9 Å². The fourth-order valence-corrected chi connectivity index (χ4v) is 5.46. The highest BCUT2D eigenvalue weighted by Gasteiger charge is 2.51. The summed E-state index contributed by atoms with van der Waals surface area (Å²) in [4.78, 5) is 33.5. The molecule has 0 radical (unpaired) electrons. The lowest BCUT2D eigenvalue weighted by molar-refractivity contribution is -0.142. The van der Waals surface area contributed by atoms with Crippen LogP contribution in [0.4, 0.5) is 17.5 Å². The van der Waals surface area contributed by atoms with Crippen molar-refractivity contribution in [2.45, 2.75) is 58.4 Å². The van der Waals surface area contributed by atoms with Crippen molar-refractivity contribution in [1.29, 1.82) is 5.26 Å². The Kier molecular flexibility index (Phi) is 5.04. The first-order valence-corrected chi connectivity index (χ1v) is 11.8. The predicted molar refractivity (Wildman–Crippen MR) is 126 cm³/mol. The summed E-state index contributed by atoms with van der Waals surface area (Å²) in [5, 5.41) is 9.35. The lowest BCUT2D eigenvalue weighted by atomic mass is 9.66. The molecule has 0 aromatic carbocycles. The molecular formula is C25H31N7O. The maximum Gasteiger partial charge on any atom is 0.228 e. The van der Waals surface area contributed by atoms with E-state index in [1.165, 1.54) is 12.0 Å². The third-order valence-electron chi connectivity index (χ3n) is 7.35. The Labute approximate surface area is 195 Å². The van der Waals surface area contributed by atoms with E-state index < -0.39 is 0 Å². The lowest BCUT2D eigenvalue weighted by Gasteiger charge is -2.45. The van der Waals surface area contributed by atoms with Gasteiger partial charge in [-0.1, -0.05) is 27.2 Å². The number of rotatable bonds is 2. The molecule has 1 spiro atoms. The molecule has 33 heavy (non-hydrogen) atoms. The van der Waals surface area contributed by atoms with Crippen molar-refractivity contribution in [2.75, 3.05) is 36.0 Å². The number of aromatic nitrogens is 3. The maximum atomic E-state index is 12.9. The molecule has 2 aromatic heterocycles. The standard InChI is InChI=1S/C25H31N7O/c1-17-14-30(10-11-31(17)23(33)24(2,3)4)21-20-22(29-16-28-21)32(15-25(20)7-5-8-25)19-12-18(13-26)6-9-27-19/h6,9,12,16-17H,5,7-8,10-11,14-15H2,1-4H3/t17-/m0/s1. The van der Waals surface area contributed by atoms with Gasteiger partial charge in [-0.15, -0.1) is 0 Å². The monoisotopic (exact) mass is 445 g/mol. The molecule has 0 bridgehead atoms. The van der Waals surface area contributed by atoms with Gasteiger partial charge in [-0.3, -0.25) is 4.79 Å². The lowest BCUT2D eigenvalue weighted by Crippen LogP contribution is -2.57. The van der Waals surface area contributed by atoms with E-state index in [2.05, 4.69) is 27.8 Å². The Balaban J connectivity index is 1.49. The van der Waals surface area contributed by atoms with Crippen LogP contribution in [0.5, 0.6) is 0 Å². The summed E-state index contributed by atoms with van der Waals surface area (Å²) >= 11 is 0. The summed E-state index contributed by atoms with van der Waals surface area (Å²) < 4.78 is 0. The zero-order valence-electron chi connectivity index (χ0n) is 19.9. The van der Waals surface area contributed by atoms with Crippen molar-refractivity contribution in [3.05, 3.63) is 35.8 Å². The molecule has 2 aromatic rings.